The van der Waals surface area contributed by atoms with Crippen LogP contribution in [0.1, 0.15) is 22.8 Å². The Morgan fingerprint density at radius 1 is 0.963 bits per heavy atom. The third-order valence-electron chi connectivity index (χ3n) is 4.07. The minimum atomic E-state index is -0.711. The van der Waals surface area contributed by atoms with Gasteiger partial charge in [-0.05, 0) is 42.1 Å². The molecule has 0 aliphatic heterocycles. The molecule has 5 heteroatoms. The monoisotopic (exact) mass is 360 g/mol. The smallest absolute Gasteiger partial charge is 0.265 e. The molecular weight excluding hydrogens is 340 g/mol. The number of fused-ring (bicyclic) bond motifs is 1. The Kier molecular flexibility index (Phi) is 5.52. The lowest BCUT2D eigenvalue weighted by Gasteiger charge is -2.11. The molecule has 0 heterocycles. The lowest BCUT2D eigenvalue weighted by molar-refractivity contribution is -0.114. The molecule has 3 rings (SSSR count). The average molecular weight is 360 g/mol. The molecule has 0 bridgehead atoms. The summed E-state index contributed by atoms with van der Waals surface area (Å²) in [4.78, 5) is 24.3. The molecule has 0 radical (unpaired) electrons. The van der Waals surface area contributed by atoms with Crippen LogP contribution in [0.2, 0.25) is 0 Å². The number of nitrogens with two attached hydrogens (primary N) is 1. The predicted octanol–water partition coefficient (Wildman–Crippen LogP) is 3.49. The highest BCUT2D eigenvalue weighted by molar-refractivity contribution is 6.06. The summed E-state index contributed by atoms with van der Waals surface area (Å²) in [6, 6.07) is 20.0. The van der Waals surface area contributed by atoms with E-state index in [-0.39, 0.29) is 5.70 Å². The first-order valence-electron chi connectivity index (χ1n) is 8.62. The van der Waals surface area contributed by atoms with Gasteiger partial charge in [0.2, 0.25) is 0 Å². The number of nitrogens with one attached hydrogen (secondary N) is 1. The topological polar surface area (TPSA) is 81.4 Å². The number of ether oxygens (including phenoxy) is 1. The zero-order valence-corrected chi connectivity index (χ0v) is 14.9. The highest BCUT2D eigenvalue weighted by Crippen LogP contribution is 2.29. The molecule has 0 aliphatic rings. The molecule has 0 aliphatic carbocycles. The maximum atomic E-state index is 12.4. The summed E-state index contributed by atoms with van der Waals surface area (Å²) in [6.07, 6.45) is 1.58. The number of hydrogen-bond donors (Lipinski definition) is 2. The van der Waals surface area contributed by atoms with Gasteiger partial charge in [0, 0.05) is 10.9 Å². The van der Waals surface area contributed by atoms with Crippen molar-refractivity contribution in [3.63, 3.8) is 0 Å². The van der Waals surface area contributed by atoms with Gasteiger partial charge in [-0.15, -0.1) is 0 Å². The summed E-state index contributed by atoms with van der Waals surface area (Å²) in [7, 11) is 0. The lowest BCUT2D eigenvalue weighted by atomic mass is 10.0. The van der Waals surface area contributed by atoms with Gasteiger partial charge >= 0.3 is 0 Å². The molecule has 3 N–H and O–H groups in total. The first-order valence-corrected chi connectivity index (χ1v) is 8.62. The molecule has 0 saturated heterocycles. The normalized spacial score (nSPS) is 11.2. The van der Waals surface area contributed by atoms with Gasteiger partial charge < -0.3 is 15.8 Å². The number of carbonyl (C=O) groups is 2. The van der Waals surface area contributed by atoms with Crippen LogP contribution in [0.15, 0.2) is 72.4 Å². The van der Waals surface area contributed by atoms with E-state index in [9.17, 15) is 9.59 Å². The van der Waals surface area contributed by atoms with Gasteiger partial charge in [-0.25, -0.2) is 0 Å². The third-order valence-corrected chi connectivity index (χ3v) is 4.07. The first kappa shape index (κ1) is 18.2. The van der Waals surface area contributed by atoms with Gasteiger partial charge in [0.05, 0.1) is 6.61 Å². The molecule has 2 amide bonds. The van der Waals surface area contributed by atoms with E-state index in [0.29, 0.717) is 12.2 Å². The zero-order valence-electron chi connectivity index (χ0n) is 14.9. The minimum Gasteiger partial charge on any atom is -0.493 e. The number of rotatable bonds is 6. The van der Waals surface area contributed by atoms with Crippen LogP contribution < -0.4 is 15.8 Å². The van der Waals surface area contributed by atoms with E-state index >= 15 is 0 Å². The standard InChI is InChI=1S/C22H20N2O3/c1-2-27-20-13-12-16(17-10-6-7-11-18(17)20)14-19(21(23)25)24-22(26)15-8-4-3-5-9-15/h3-14H,2H2,1H3,(H2,23,25)(H,24,26)/b19-14+. The Hall–Kier alpha value is -3.60. The highest BCUT2D eigenvalue weighted by Gasteiger charge is 2.13. The molecule has 0 fully saturated rings. The fourth-order valence-electron chi connectivity index (χ4n) is 2.81. The van der Waals surface area contributed by atoms with Crippen LogP contribution in [0.3, 0.4) is 0 Å². The molecule has 136 valence electrons. The molecule has 5 nitrogen and oxygen atoms in total. The summed E-state index contributed by atoms with van der Waals surface area (Å²) < 4.78 is 5.67. The van der Waals surface area contributed by atoms with Crippen molar-refractivity contribution < 1.29 is 14.3 Å². The number of primary amides is 1. The third kappa shape index (κ3) is 4.15. The summed E-state index contributed by atoms with van der Waals surface area (Å²) in [5, 5.41) is 4.42. The molecule has 0 unspecified atom stereocenters. The van der Waals surface area contributed by atoms with Crippen molar-refractivity contribution in [2.75, 3.05) is 6.61 Å². The van der Waals surface area contributed by atoms with Gasteiger partial charge in [0.25, 0.3) is 11.8 Å². The van der Waals surface area contributed by atoms with Crippen molar-refractivity contribution in [2.45, 2.75) is 6.92 Å². The number of amides is 2. The summed E-state index contributed by atoms with van der Waals surface area (Å²) >= 11 is 0. The minimum absolute atomic E-state index is 0.0261. The van der Waals surface area contributed by atoms with Gasteiger partial charge in [-0.1, -0.05) is 48.5 Å². The van der Waals surface area contributed by atoms with E-state index in [2.05, 4.69) is 5.32 Å². The van der Waals surface area contributed by atoms with Gasteiger partial charge in [-0.2, -0.15) is 0 Å². The van der Waals surface area contributed by atoms with Crippen molar-refractivity contribution in [2.24, 2.45) is 5.73 Å². The molecule has 0 saturated carbocycles. The molecule has 0 atom stereocenters. The van der Waals surface area contributed by atoms with Crippen LogP contribution >= 0.6 is 0 Å². The Morgan fingerprint density at radius 3 is 2.30 bits per heavy atom. The van der Waals surface area contributed by atoms with Crippen LogP contribution in [-0.2, 0) is 4.79 Å². The van der Waals surface area contributed by atoms with Crippen LogP contribution in [0.4, 0.5) is 0 Å². The van der Waals surface area contributed by atoms with Crippen molar-refractivity contribution >= 4 is 28.7 Å². The van der Waals surface area contributed by atoms with E-state index in [4.69, 9.17) is 10.5 Å². The van der Waals surface area contributed by atoms with Gasteiger partial charge in [0.1, 0.15) is 11.4 Å². The van der Waals surface area contributed by atoms with Crippen LogP contribution in [0.5, 0.6) is 5.75 Å². The van der Waals surface area contributed by atoms with Crippen molar-refractivity contribution in [3.8, 4) is 5.75 Å². The summed E-state index contributed by atoms with van der Waals surface area (Å²) in [5.41, 5.74) is 6.72. The molecular formula is C22H20N2O3. The second-order valence-electron chi connectivity index (χ2n) is 5.87. The van der Waals surface area contributed by atoms with Crippen molar-refractivity contribution in [3.05, 3.63) is 83.6 Å². The fourth-order valence-corrected chi connectivity index (χ4v) is 2.81. The Labute approximate surface area is 157 Å². The van der Waals surface area contributed by atoms with E-state index in [1.807, 2.05) is 49.4 Å². The van der Waals surface area contributed by atoms with Crippen LogP contribution in [0.25, 0.3) is 16.8 Å². The van der Waals surface area contributed by atoms with Crippen molar-refractivity contribution in [1.29, 1.82) is 0 Å². The van der Waals surface area contributed by atoms with Crippen LogP contribution in [-0.4, -0.2) is 18.4 Å². The Balaban J connectivity index is 2.00. The summed E-state index contributed by atoms with van der Waals surface area (Å²) in [6.45, 7) is 2.48. The van der Waals surface area contributed by atoms with Crippen LogP contribution in [0, 0.1) is 0 Å². The number of carbonyl (C=O) groups excluding carboxylic acids is 2. The fraction of sp³-hybridized carbons (Fsp3) is 0.0909. The van der Waals surface area contributed by atoms with E-state index in [0.717, 1.165) is 22.1 Å². The number of benzene rings is 3. The largest absolute Gasteiger partial charge is 0.493 e. The van der Waals surface area contributed by atoms with Crippen molar-refractivity contribution in [1.82, 2.24) is 5.32 Å². The molecule has 0 spiro atoms. The highest BCUT2D eigenvalue weighted by atomic mass is 16.5. The molecule has 0 aromatic heterocycles. The van der Waals surface area contributed by atoms with Gasteiger partial charge in [-0.3, -0.25) is 9.59 Å². The first-order chi connectivity index (χ1) is 13.1. The summed E-state index contributed by atoms with van der Waals surface area (Å²) in [5.74, 6) is -0.340. The van der Waals surface area contributed by atoms with E-state index in [1.165, 1.54) is 0 Å². The average Bonchev–Trinajstić information content (AvgIpc) is 2.69. The molecule has 3 aromatic rings. The van der Waals surface area contributed by atoms with Gasteiger partial charge in [0.15, 0.2) is 0 Å². The second kappa shape index (κ2) is 8.19. The molecule has 3 aromatic carbocycles. The second-order valence-corrected chi connectivity index (χ2v) is 5.87. The zero-order chi connectivity index (χ0) is 19.2. The Bertz CT molecular complexity index is 1010. The SMILES string of the molecule is CCOc1ccc(/C=C(/NC(=O)c2ccccc2)C(N)=O)c2ccccc12. The maximum absolute atomic E-state index is 12.4. The van der Waals surface area contributed by atoms with E-state index < -0.39 is 11.8 Å². The van der Waals surface area contributed by atoms with E-state index in [1.54, 1.807) is 30.3 Å². The maximum Gasteiger partial charge on any atom is 0.265 e. The molecule has 27 heavy (non-hydrogen) atoms. The number of hydrogen-bond acceptors (Lipinski definition) is 3. The quantitative estimate of drug-likeness (QED) is 0.660. The lowest BCUT2D eigenvalue weighted by Crippen LogP contribution is -2.31. The predicted molar refractivity (Wildman–Crippen MR) is 106 cm³/mol. The Morgan fingerprint density at radius 2 is 1.63 bits per heavy atom.